The summed E-state index contributed by atoms with van der Waals surface area (Å²) in [6.45, 7) is 9.30. The van der Waals surface area contributed by atoms with Gasteiger partial charge in [-0.1, -0.05) is 12.6 Å². The van der Waals surface area contributed by atoms with Crippen LogP contribution in [0.3, 0.4) is 0 Å². The average molecular weight is 220 g/mol. The summed E-state index contributed by atoms with van der Waals surface area (Å²) in [5, 5.41) is 8.81. The van der Waals surface area contributed by atoms with Crippen molar-refractivity contribution < 1.29 is 14.6 Å². The summed E-state index contributed by atoms with van der Waals surface area (Å²) < 4.78 is 5.56. The van der Waals surface area contributed by atoms with Gasteiger partial charge in [0.15, 0.2) is 0 Å². The third-order valence-electron chi connectivity index (χ3n) is 2.14. The van der Waals surface area contributed by atoms with Gasteiger partial charge in [-0.05, 0) is 44.0 Å². The number of rotatable bonds is 4. The number of carbonyl (C=O) groups is 1. The van der Waals surface area contributed by atoms with Crippen molar-refractivity contribution in [3.05, 3.63) is 35.9 Å². The Hall–Kier alpha value is -1.77. The Bertz CT molecular complexity index is 419. The molecular weight excluding hydrogens is 204 g/mol. The highest BCUT2D eigenvalue weighted by Crippen LogP contribution is 2.23. The van der Waals surface area contributed by atoms with E-state index in [2.05, 4.69) is 6.58 Å². The molecular formula is C13H16O3. The molecule has 0 spiro atoms. The number of hydrogen-bond donors (Lipinski definition) is 1. The van der Waals surface area contributed by atoms with Crippen LogP contribution in [0.4, 0.5) is 0 Å². The van der Waals surface area contributed by atoms with Crippen LogP contribution in [0.25, 0.3) is 5.57 Å². The molecule has 0 amide bonds. The largest absolute Gasteiger partial charge is 0.491 e. The predicted octanol–water partition coefficient (Wildman–Crippen LogP) is 2.88. The van der Waals surface area contributed by atoms with E-state index in [1.54, 1.807) is 18.2 Å². The number of aliphatic carboxylic acids is 1. The molecule has 0 bridgehead atoms. The van der Waals surface area contributed by atoms with Crippen LogP contribution >= 0.6 is 0 Å². The third-order valence-corrected chi connectivity index (χ3v) is 2.14. The minimum absolute atomic E-state index is 0.0965. The quantitative estimate of drug-likeness (QED) is 0.793. The first-order chi connectivity index (χ1) is 7.41. The number of carboxylic acid groups (broad SMARTS) is 1. The minimum Gasteiger partial charge on any atom is -0.491 e. The van der Waals surface area contributed by atoms with Crippen LogP contribution < -0.4 is 4.74 Å². The van der Waals surface area contributed by atoms with E-state index >= 15 is 0 Å². The molecule has 0 fully saturated rings. The van der Waals surface area contributed by atoms with E-state index < -0.39 is 5.97 Å². The van der Waals surface area contributed by atoms with Crippen molar-refractivity contribution in [1.82, 2.24) is 0 Å². The molecule has 16 heavy (non-hydrogen) atoms. The highest BCUT2D eigenvalue weighted by molar-refractivity contribution is 6.14. The number of aryl methyl sites for hydroxylation is 1. The monoisotopic (exact) mass is 220 g/mol. The maximum atomic E-state index is 10.7. The van der Waals surface area contributed by atoms with Gasteiger partial charge in [-0.3, -0.25) is 0 Å². The molecule has 0 atom stereocenters. The van der Waals surface area contributed by atoms with Crippen LogP contribution in [-0.2, 0) is 4.79 Å². The highest BCUT2D eigenvalue weighted by atomic mass is 16.5. The zero-order valence-electron chi connectivity index (χ0n) is 9.78. The zero-order chi connectivity index (χ0) is 12.3. The lowest BCUT2D eigenvalue weighted by Gasteiger charge is -2.13. The first-order valence-corrected chi connectivity index (χ1v) is 5.11. The molecule has 0 saturated heterocycles. The van der Waals surface area contributed by atoms with E-state index in [1.807, 2.05) is 20.8 Å². The van der Waals surface area contributed by atoms with Gasteiger partial charge in [0.1, 0.15) is 5.75 Å². The summed E-state index contributed by atoms with van der Waals surface area (Å²) in [5.74, 6) is -0.228. The molecule has 0 aromatic heterocycles. The van der Waals surface area contributed by atoms with Gasteiger partial charge in [0.25, 0.3) is 0 Å². The predicted molar refractivity (Wildman–Crippen MR) is 63.6 cm³/mol. The minimum atomic E-state index is -1.00. The van der Waals surface area contributed by atoms with E-state index in [0.29, 0.717) is 5.56 Å². The number of hydrogen-bond acceptors (Lipinski definition) is 2. The van der Waals surface area contributed by atoms with Crippen LogP contribution in [-0.4, -0.2) is 17.2 Å². The van der Waals surface area contributed by atoms with Crippen LogP contribution in [0.2, 0.25) is 0 Å². The Kier molecular flexibility index (Phi) is 3.72. The molecule has 0 aliphatic carbocycles. The molecule has 0 saturated carbocycles. The van der Waals surface area contributed by atoms with Gasteiger partial charge >= 0.3 is 5.97 Å². The molecule has 0 radical (unpaired) electrons. The van der Waals surface area contributed by atoms with E-state index in [-0.39, 0.29) is 11.7 Å². The van der Waals surface area contributed by atoms with E-state index in [1.165, 1.54) is 0 Å². The second kappa shape index (κ2) is 4.84. The van der Waals surface area contributed by atoms with Gasteiger partial charge in [-0.25, -0.2) is 4.79 Å². The Morgan fingerprint density at radius 2 is 2.06 bits per heavy atom. The van der Waals surface area contributed by atoms with Crippen molar-refractivity contribution in [2.75, 3.05) is 0 Å². The summed E-state index contributed by atoms with van der Waals surface area (Å²) in [6.07, 6.45) is 0.104. The molecule has 1 aromatic carbocycles. The second-order valence-electron chi connectivity index (χ2n) is 3.93. The van der Waals surface area contributed by atoms with Crippen LogP contribution in [0.15, 0.2) is 24.8 Å². The normalized spacial score (nSPS) is 10.2. The van der Waals surface area contributed by atoms with Crippen molar-refractivity contribution in [1.29, 1.82) is 0 Å². The van der Waals surface area contributed by atoms with Crippen molar-refractivity contribution in [3.63, 3.8) is 0 Å². The Labute approximate surface area is 95.4 Å². The molecule has 3 nitrogen and oxygen atoms in total. The van der Waals surface area contributed by atoms with Crippen LogP contribution in [0.1, 0.15) is 25.0 Å². The van der Waals surface area contributed by atoms with E-state index in [9.17, 15) is 4.79 Å². The smallest absolute Gasteiger partial charge is 0.335 e. The Morgan fingerprint density at radius 3 is 2.50 bits per heavy atom. The Balaban J connectivity index is 2.99. The fraction of sp³-hybridized carbons (Fsp3) is 0.308. The number of benzene rings is 1. The van der Waals surface area contributed by atoms with Crippen molar-refractivity contribution in [2.45, 2.75) is 26.9 Å². The summed E-state index contributed by atoms with van der Waals surface area (Å²) in [5.41, 5.74) is 1.62. The summed E-state index contributed by atoms with van der Waals surface area (Å²) >= 11 is 0. The van der Waals surface area contributed by atoms with Gasteiger partial charge < -0.3 is 9.84 Å². The van der Waals surface area contributed by atoms with Gasteiger partial charge in [0.05, 0.1) is 11.7 Å². The van der Waals surface area contributed by atoms with Gasteiger partial charge in [-0.2, -0.15) is 0 Å². The fourth-order valence-corrected chi connectivity index (χ4v) is 1.35. The van der Waals surface area contributed by atoms with Gasteiger partial charge in [0, 0.05) is 0 Å². The van der Waals surface area contributed by atoms with Gasteiger partial charge in [0.2, 0.25) is 0 Å². The molecule has 3 heteroatoms. The van der Waals surface area contributed by atoms with Crippen LogP contribution in [0, 0.1) is 6.92 Å². The molecule has 1 rings (SSSR count). The highest BCUT2D eigenvalue weighted by Gasteiger charge is 2.09. The molecule has 0 unspecified atom stereocenters. The fourth-order valence-electron chi connectivity index (χ4n) is 1.35. The number of carboxylic acids is 1. The topological polar surface area (TPSA) is 46.5 Å². The molecule has 86 valence electrons. The first-order valence-electron chi connectivity index (χ1n) is 5.11. The first kappa shape index (κ1) is 12.3. The number of ether oxygens (including phenoxy) is 1. The van der Waals surface area contributed by atoms with Crippen molar-refractivity contribution in [3.8, 4) is 5.75 Å². The van der Waals surface area contributed by atoms with Crippen molar-refractivity contribution >= 4 is 11.5 Å². The molecule has 1 N–H and O–H groups in total. The van der Waals surface area contributed by atoms with Gasteiger partial charge in [-0.15, -0.1) is 0 Å². The summed E-state index contributed by atoms with van der Waals surface area (Å²) in [7, 11) is 0. The van der Waals surface area contributed by atoms with Crippen molar-refractivity contribution in [2.24, 2.45) is 0 Å². The molecule has 0 heterocycles. The Morgan fingerprint density at radius 1 is 1.44 bits per heavy atom. The molecule has 1 aromatic rings. The molecule has 0 aliphatic heterocycles. The molecule has 0 aliphatic rings. The lowest BCUT2D eigenvalue weighted by Crippen LogP contribution is -2.07. The standard InChI is InChI=1S/C13H16O3/c1-8(2)16-12-6-5-11(7-9(12)3)10(4)13(14)15/h5-8H,4H2,1-3H3,(H,14,15). The van der Waals surface area contributed by atoms with Crippen LogP contribution in [0.5, 0.6) is 5.75 Å². The van der Waals surface area contributed by atoms with E-state index in [0.717, 1.165) is 11.3 Å². The maximum absolute atomic E-state index is 10.7. The second-order valence-corrected chi connectivity index (χ2v) is 3.93. The summed E-state index contributed by atoms with van der Waals surface area (Å²) in [4.78, 5) is 10.7. The average Bonchev–Trinajstić information content (AvgIpc) is 2.19. The SMILES string of the molecule is C=C(C(=O)O)c1ccc(OC(C)C)c(C)c1. The maximum Gasteiger partial charge on any atom is 0.335 e. The lowest BCUT2D eigenvalue weighted by molar-refractivity contribution is -0.130. The summed E-state index contributed by atoms with van der Waals surface area (Å²) in [6, 6.07) is 5.26. The van der Waals surface area contributed by atoms with E-state index in [4.69, 9.17) is 9.84 Å². The lowest BCUT2D eigenvalue weighted by atomic mass is 10.0. The zero-order valence-corrected chi connectivity index (χ0v) is 9.78. The third kappa shape index (κ3) is 2.86.